The molecule has 2 aromatic carbocycles. The monoisotopic (exact) mass is 345 g/mol. The van der Waals surface area contributed by atoms with Crippen molar-refractivity contribution in [2.45, 2.75) is 6.54 Å². The maximum absolute atomic E-state index is 11.1. The number of nitriles is 1. The molecular weight excluding hydrogens is 334 g/mol. The van der Waals surface area contributed by atoms with E-state index in [2.05, 4.69) is 22.0 Å². The van der Waals surface area contributed by atoms with E-state index in [4.69, 9.17) is 5.26 Å². The van der Waals surface area contributed by atoms with E-state index in [1.54, 1.807) is 24.3 Å². The Morgan fingerprint density at radius 3 is 2.71 bits per heavy atom. The fourth-order valence-electron chi connectivity index (χ4n) is 2.08. The van der Waals surface area contributed by atoms with Gasteiger partial charge in [-0.15, -0.1) is 0 Å². The highest BCUT2D eigenvalue weighted by molar-refractivity contribution is 9.10. The standard InChI is InChI=1S/C15H12BrN3O2/c1-18(14-5-3-2-4-11(14)9-17)10-12-6-7-13(16)8-15(12)19(20)21/h2-8H,10H2,1H3. The molecule has 0 atom stereocenters. The first-order valence-corrected chi connectivity index (χ1v) is 6.95. The van der Waals surface area contributed by atoms with Gasteiger partial charge in [-0.25, -0.2) is 0 Å². The van der Waals surface area contributed by atoms with Crippen LogP contribution in [-0.2, 0) is 6.54 Å². The summed E-state index contributed by atoms with van der Waals surface area (Å²) in [6.07, 6.45) is 0. The van der Waals surface area contributed by atoms with Crippen molar-refractivity contribution in [3.05, 3.63) is 68.2 Å². The van der Waals surface area contributed by atoms with Crippen LogP contribution in [0.4, 0.5) is 11.4 Å². The number of hydrogen-bond donors (Lipinski definition) is 0. The SMILES string of the molecule is CN(Cc1ccc(Br)cc1[N+](=O)[O-])c1ccccc1C#N. The van der Waals surface area contributed by atoms with Gasteiger partial charge < -0.3 is 4.90 Å². The average molecular weight is 346 g/mol. The lowest BCUT2D eigenvalue weighted by atomic mass is 10.1. The summed E-state index contributed by atoms with van der Waals surface area (Å²) in [5.41, 5.74) is 1.95. The number of benzene rings is 2. The molecule has 2 rings (SSSR count). The number of nitro benzene ring substituents is 1. The Morgan fingerprint density at radius 1 is 1.33 bits per heavy atom. The smallest absolute Gasteiger partial charge is 0.275 e. The molecule has 6 heteroatoms. The van der Waals surface area contributed by atoms with Crippen molar-refractivity contribution in [1.82, 2.24) is 0 Å². The zero-order valence-electron chi connectivity index (χ0n) is 11.3. The average Bonchev–Trinajstić information content (AvgIpc) is 2.48. The normalized spacial score (nSPS) is 9.95. The lowest BCUT2D eigenvalue weighted by Crippen LogP contribution is -2.18. The molecule has 0 aliphatic rings. The molecule has 0 radical (unpaired) electrons. The summed E-state index contributed by atoms with van der Waals surface area (Å²) < 4.78 is 0.665. The molecule has 0 saturated carbocycles. The van der Waals surface area contributed by atoms with Crippen LogP contribution >= 0.6 is 15.9 Å². The van der Waals surface area contributed by atoms with Crippen LogP contribution < -0.4 is 4.90 Å². The Morgan fingerprint density at radius 2 is 2.05 bits per heavy atom. The molecular formula is C15H12BrN3O2. The van der Waals surface area contributed by atoms with Gasteiger partial charge in [-0.2, -0.15) is 5.26 Å². The minimum Gasteiger partial charge on any atom is -0.369 e. The van der Waals surface area contributed by atoms with Crippen LogP contribution in [-0.4, -0.2) is 12.0 Å². The zero-order valence-corrected chi connectivity index (χ0v) is 12.9. The molecule has 5 nitrogen and oxygen atoms in total. The predicted molar refractivity (Wildman–Crippen MR) is 84.1 cm³/mol. The first-order chi connectivity index (χ1) is 10.0. The molecule has 0 amide bonds. The van der Waals surface area contributed by atoms with Gasteiger partial charge in [-0.3, -0.25) is 10.1 Å². The van der Waals surface area contributed by atoms with Gasteiger partial charge in [0, 0.05) is 29.7 Å². The number of nitrogens with zero attached hydrogens (tertiary/aromatic N) is 3. The molecule has 0 spiro atoms. The predicted octanol–water partition coefficient (Wildman–Crippen LogP) is 3.87. The highest BCUT2D eigenvalue weighted by Gasteiger charge is 2.16. The van der Waals surface area contributed by atoms with Crippen molar-refractivity contribution < 1.29 is 4.92 Å². The van der Waals surface area contributed by atoms with Crippen LogP contribution in [0, 0.1) is 21.4 Å². The van der Waals surface area contributed by atoms with Crippen LogP contribution in [0.1, 0.15) is 11.1 Å². The second kappa shape index (κ2) is 6.37. The van der Waals surface area contributed by atoms with Gasteiger partial charge in [0.15, 0.2) is 0 Å². The number of rotatable bonds is 4. The van der Waals surface area contributed by atoms with Gasteiger partial charge in [0.2, 0.25) is 0 Å². The molecule has 0 aliphatic heterocycles. The van der Waals surface area contributed by atoms with Crippen molar-refractivity contribution in [1.29, 1.82) is 5.26 Å². The quantitative estimate of drug-likeness (QED) is 0.623. The number of nitro groups is 1. The second-order valence-electron chi connectivity index (χ2n) is 4.52. The van der Waals surface area contributed by atoms with Crippen molar-refractivity contribution in [2.75, 3.05) is 11.9 Å². The van der Waals surface area contributed by atoms with E-state index in [9.17, 15) is 10.1 Å². The first-order valence-electron chi connectivity index (χ1n) is 6.16. The molecule has 0 aromatic heterocycles. The summed E-state index contributed by atoms with van der Waals surface area (Å²) in [4.78, 5) is 12.6. The van der Waals surface area contributed by atoms with E-state index in [0.717, 1.165) is 5.69 Å². The first kappa shape index (κ1) is 15.0. The fourth-order valence-corrected chi connectivity index (χ4v) is 2.43. The summed E-state index contributed by atoms with van der Waals surface area (Å²) in [6.45, 7) is 0.349. The maximum Gasteiger partial charge on any atom is 0.275 e. The molecule has 106 valence electrons. The lowest BCUT2D eigenvalue weighted by Gasteiger charge is -2.20. The van der Waals surface area contributed by atoms with Crippen molar-refractivity contribution in [2.24, 2.45) is 0 Å². The van der Waals surface area contributed by atoms with Crippen LogP contribution in [0.2, 0.25) is 0 Å². The third-order valence-corrected chi connectivity index (χ3v) is 3.58. The molecule has 2 aromatic rings. The molecule has 0 N–H and O–H groups in total. The summed E-state index contributed by atoms with van der Waals surface area (Å²) in [6, 6.07) is 14.3. The van der Waals surface area contributed by atoms with Gasteiger partial charge in [0.1, 0.15) is 6.07 Å². The Labute approximate surface area is 130 Å². The summed E-state index contributed by atoms with van der Waals surface area (Å²) in [5.74, 6) is 0. The number of hydrogen-bond acceptors (Lipinski definition) is 4. The lowest BCUT2D eigenvalue weighted by molar-refractivity contribution is -0.385. The second-order valence-corrected chi connectivity index (χ2v) is 5.43. The Bertz CT molecular complexity index is 725. The van der Waals surface area contributed by atoms with Gasteiger partial charge in [0.25, 0.3) is 5.69 Å². The molecule has 0 aliphatic carbocycles. The zero-order chi connectivity index (χ0) is 15.4. The third kappa shape index (κ3) is 3.38. The van der Waals surface area contributed by atoms with Gasteiger partial charge in [0.05, 0.1) is 16.2 Å². The van der Waals surface area contributed by atoms with Gasteiger partial charge in [-0.1, -0.05) is 28.1 Å². The minimum atomic E-state index is -0.399. The summed E-state index contributed by atoms with van der Waals surface area (Å²) in [5, 5.41) is 20.3. The van der Waals surface area contributed by atoms with E-state index >= 15 is 0 Å². The van der Waals surface area contributed by atoms with Crippen molar-refractivity contribution >= 4 is 27.3 Å². The highest BCUT2D eigenvalue weighted by atomic mass is 79.9. The van der Waals surface area contributed by atoms with Crippen LogP contribution in [0.25, 0.3) is 0 Å². The summed E-state index contributed by atoms with van der Waals surface area (Å²) in [7, 11) is 1.81. The Balaban J connectivity index is 2.34. The Hall–Kier alpha value is -2.39. The van der Waals surface area contributed by atoms with Crippen LogP contribution in [0.3, 0.4) is 0 Å². The highest BCUT2D eigenvalue weighted by Crippen LogP contribution is 2.27. The maximum atomic E-state index is 11.1. The fraction of sp³-hybridized carbons (Fsp3) is 0.133. The topological polar surface area (TPSA) is 70.2 Å². The molecule has 0 heterocycles. The number of anilines is 1. The molecule has 0 bridgehead atoms. The largest absolute Gasteiger partial charge is 0.369 e. The van der Waals surface area contributed by atoms with E-state index in [0.29, 0.717) is 22.1 Å². The van der Waals surface area contributed by atoms with E-state index < -0.39 is 4.92 Å². The van der Waals surface area contributed by atoms with Gasteiger partial charge >= 0.3 is 0 Å². The van der Waals surface area contributed by atoms with Crippen LogP contribution in [0.15, 0.2) is 46.9 Å². The van der Waals surface area contributed by atoms with Crippen molar-refractivity contribution in [3.8, 4) is 6.07 Å². The minimum absolute atomic E-state index is 0.0608. The molecule has 0 saturated heterocycles. The third-order valence-electron chi connectivity index (χ3n) is 3.09. The molecule has 21 heavy (non-hydrogen) atoms. The summed E-state index contributed by atoms with van der Waals surface area (Å²) >= 11 is 3.24. The van der Waals surface area contributed by atoms with E-state index in [1.165, 1.54) is 6.07 Å². The van der Waals surface area contributed by atoms with Gasteiger partial charge in [-0.05, 0) is 24.3 Å². The Kier molecular flexibility index (Phi) is 4.55. The van der Waals surface area contributed by atoms with Crippen molar-refractivity contribution in [3.63, 3.8) is 0 Å². The molecule has 0 fully saturated rings. The van der Waals surface area contributed by atoms with E-state index in [-0.39, 0.29) is 5.69 Å². The van der Waals surface area contributed by atoms with Crippen LogP contribution in [0.5, 0.6) is 0 Å². The van der Waals surface area contributed by atoms with E-state index in [1.807, 2.05) is 24.1 Å². The molecule has 0 unspecified atom stereocenters. The number of halogens is 1. The number of para-hydroxylation sites is 1.